The van der Waals surface area contributed by atoms with Crippen molar-refractivity contribution in [3.05, 3.63) is 0 Å². The highest BCUT2D eigenvalue weighted by Crippen LogP contribution is 2.02. The molecule has 0 aliphatic heterocycles. The number of esters is 1. The highest BCUT2D eigenvalue weighted by atomic mass is 32.2. The molecule has 0 bridgehead atoms. The number of carbonyl (C=O) groups excluding carboxylic acids is 2. The van der Waals surface area contributed by atoms with Crippen molar-refractivity contribution < 1.29 is 14.3 Å². The van der Waals surface area contributed by atoms with E-state index >= 15 is 0 Å². The molecule has 0 aromatic heterocycles. The summed E-state index contributed by atoms with van der Waals surface area (Å²) in [5.74, 6) is 0.710. The van der Waals surface area contributed by atoms with Gasteiger partial charge in [-0.2, -0.15) is 0 Å². The largest absolute Gasteiger partial charge is 0.465 e. The van der Waals surface area contributed by atoms with Gasteiger partial charge in [0.15, 0.2) is 0 Å². The summed E-state index contributed by atoms with van der Waals surface area (Å²) in [6, 6.07) is -0.655. The van der Waals surface area contributed by atoms with E-state index in [4.69, 9.17) is 10.5 Å². The minimum absolute atomic E-state index is 0.0280. The van der Waals surface area contributed by atoms with Gasteiger partial charge >= 0.3 is 5.97 Å². The van der Waals surface area contributed by atoms with Gasteiger partial charge in [0.1, 0.15) is 6.04 Å². The summed E-state index contributed by atoms with van der Waals surface area (Å²) in [7, 11) is 0. The SMILES string of the molecule is CCOC(=O)C(N)CSCC(=O)NCC(C)C. The second-order valence-corrected chi connectivity index (χ2v) is 5.10. The van der Waals surface area contributed by atoms with Crippen molar-refractivity contribution in [3.8, 4) is 0 Å². The summed E-state index contributed by atoms with van der Waals surface area (Å²) in [6.07, 6.45) is 0. The van der Waals surface area contributed by atoms with Crippen molar-refractivity contribution in [2.75, 3.05) is 24.7 Å². The van der Waals surface area contributed by atoms with Gasteiger partial charge in [-0.1, -0.05) is 13.8 Å². The predicted octanol–water partition coefficient (Wildman–Crippen LogP) is 0.382. The van der Waals surface area contributed by atoms with Crippen LogP contribution in [0.1, 0.15) is 20.8 Å². The van der Waals surface area contributed by atoms with Gasteiger partial charge in [0, 0.05) is 12.3 Å². The molecular weight excluding hydrogens is 240 g/mol. The molecule has 1 atom stereocenters. The van der Waals surface area contributed by atoms with Crippen LogP contribution in [0.25, 0.3) is 0 Å². The zero-order valence-corrected chi connectivity index (χ0v) is 11.5. The highest BCUT2D eigenvalue weighted by molar-refractivity contribution is 8.00. The van der Waals surface area contributed by atoms with Crippen LogP contribution in [0.15, 0.2) is 0 Å². The molecule has 1 unspecified atom stereocenters. The van der Waals surface area contributed by atoms with E-state index in [0.29, 0.717) is 30.6 Å². The quantitative estimate of drug-likeness (QED) is 0.618. The molecule has 0 aromatic carbocycles. The van der Waals surface area contributed by atoms with Crippen LogP contribution in [0.2, 0.25) is 0 Å². The lowest BCUT2D eigenvalue weighted by Crippen LogP contribution is -2.35. The van der Waals surface area contributed by atoms with E-state index in [1.807, 2.05) is 13.8 Å². The molecule has 17 heavy (non-hydrogen) atoms. The fourth-order valence-corrected chi connectivity index (χ4v) is 1.76. The summed E-state index contributed by atoms with van der Waals surface area (Å²) in [4.78, 5) is 22.5. The average Bonchev–Trinajstić information content (AvgIpc) is 2.26. The molecule has 0 rings (SSSR count). The molecule has 0 saturated carbocycles. The number of amides is 1. The molecule has 3 N–H and O–H groups in total. The van der Waals surface area contributed by atoms with Gasteiger partial charge in [-0.05, 0) is 12.8 Å². The normalized spacial score (nSPS) is 12.3. The first-order chi connectivity index (χ1) is 7.97. The van der Waals surface area contributed by atoms with Gasteiger partial charge in [-0.3, -0.25) is 9.59 Å². The topological polar surface area (TPSA) is 81.4 Å². The molecule has 1 amide bonds. The second kappa shape index (κ2) is 9.30. The maximum absolute atomic E-state index is 11.3. The lowest BCUT2D eigenvalue weighted by Gasteiger charge is -2.10. The number of thioether (sulfide) groups is 1. The Morgan fingerprint density at radius 3 is 2.59 bits per heavy atom. The van der Waals surface area contributed by atoms with Crippen molar-refractivity contribution in [2.24, 2.45) is 11.7 Å². The van der Waals surface area contributed by atoms with Gasteiger partial charge in [0.05, 0.1) is 12.4 Å². The first-order valence-corrected chi connectivity index (χ1v) is 6.89. The van der Waals surface area contributed by atoms with Crippen molar-refractivity contribution in [1.82, 2.24) is 5.32 Å². The maximum Gasteiger partial charge on any atom is 0.323 e. The van der Waals surface area contributed by atoms with Crippen LogP contribution in [0.3, 0.4) is 0 Å². The molecular formula is C11H22N2O3S. The van der Waals surface area contributed by atoms with Crippen LogP contribution < -0.4 is 11.1 Å². The van der Waals surface area contributed by atoms with Crippen molar-refractivity contribution in [1.29, 1.82) is 0 Å². The van der Waals surface area contributed by atoms with E-state index < -0.39 is 12.0 Å². The Balaban J connectivity index is 3.62. The number of carbonyl (C=O) groups is 2. The second-order valence-electron chi connectivity index (χ2n) is 4.07. The standard InChI is InChI=1S/C11H22N2O3S/c1-4-16-11(15)9(12)6-17-7-10(14)13-5-8(2)3/h8-9H,4-7,12H2,1-3H3,(H,13,14). The first-order valence-electron chi connectivity index (χ1n) is 5.74. The summed E-state index contributed by atoms with van der Waals surface area (Å²) >= 11 is 1.34. The van der Waals surface area contributed by atoms with Crippen LogP contribution in [-0.4, -0.2) is 42.6 Å². The van der Waals surface area contributed by atoms with Crippen molar-refractivity contribution >= 4 is 23.6 Å². The molecule has 100 valence electrons. The fraction of sp³-hybridized carbons (Fsp3) is 0.818. The summed E-state index contributed by atoms with van der Waals surface area (Å²) in [5.41, 5.74) is 5.58. The Labute approximate surface area is 107 Å². The molecule has 0 aromatic rings. The summed E-state index contributed by atoms with van der Waals surface area (Å²) in [6.45, 7) is 6.79. The van der Waals surface area contributed by atoms with Crippen LogP contribution >= 0.6 is 11.8 Å². The number of nitrogens with one attached hydrogen (secondary N) is 1. The molecule has 0 saturated heterocycles. The van der Waals surface area contributed by atoms with Gasteiger partial charge < -0.3 is 15.8 Å². The first kappa shape index (κ1) is 16.2. The van der Waals surface area contributed by atoms with Gasteiger partial charge in [-0.15, -0.1) is 11.8 Å². The van der Waals surface area contributed by atoms with Gasteiger partial charge in [0.25, 0.3) is 0 Å². The van der Waals surface area contributed by atoms with Crippen LogP contribution in [-0.2, 0) is 14.3 Å². The molecule has 0 spiro atoms. The molecule has 0 heterocycles. The fourth-order valence-electron chi connectivity index (χ4n) is 0.965. The van der Waals surface area contributed by atoms with Crippen molar-refractivity contribution in [3.63, 3.8) is 0 Å². The Bertz CT molecular complexity index is 247. The Morgan fingerprint density at radius 1 is 1.41 bits per heavy atom. The maximum atomic E-state index is 11.3. The third kappa shape index (κ3) is 9.00. The Kier molecular flexibility index (Phi) is 8.89. The Morgan fingerprint density at radius 2 is 2.06 bits per heavy atom. The minimum Gasteiger partial charge on any atom is -0.465 e. The van der Waals surface area contributed by atoms with E-state index in [1.54, 1.807) is 6.92 Å². The van der Waals surface area contributed by atoms with Crippen LogP contribution in [0, 0.1) is 5.92 Å². The van der Waals surface area contributed by atoms with Crippen LogP contribution in [0.5, 0.6) is 0 Å². The van der Waals surface area contributed by atoms with Gasteiger partial charge in [0.2, 0.25) is 5.91 Å². The van der Waals surface area contributed by atoms with E-state index in [0.717, 1.165) is 0 Å². The smallest absolute Gasteiger partial charge is 0.323 e. The predicted molar refractivity (Wildman–Crippen MR) is 69.8 cm³/mol. The third-order valence-electron chi connectivity index (χ3n) is 1.83. The Hall–Kier alpha value is -0.750. The zero-order chi connectivity index (χ0) is 13.3. The average molecular weight is 262 g/mol. The number of hydrogen-bond acceptors (Lipinski definition) is 5. The molecule has 5 nitrogen and oxygen atoms in total. The number of nitrogens with two attached hydrogens (primary N) is 1. The molecule has 0 aliphatic carbocycles. The zero-order valence-electron chi connectivity index (χ0n) is 10.7. The van der Waals surface area contributed by atoms with Crippen LogP contribution in [0.4, 0.5) is 0 Å². The minimum atomic E-state index is -0.655. The number of rotatable bonds is 8. The van der Waals surface area contributed by atoms with E-state index in [2.05, 4.69) is 5.32 Å². The lowest BCUT2D eigenvalue weighted by atomic mass is 10.2. The third-order valence-corrected chi connectivity index (χ3v) is 2.89. The van der Waals surface area contributed by atoms with E-state index in [-0.39, 0.29) is 5.91 Å². The van der Waals surface area contributed by atoms with Crippen molar-refractivity contribution in [2.45, 2.75) is 26.8 Å². The number of hydrogen-bond donors (Lipinski definition) is 2. The molecule has 0 radical (unpaired) electrons. The molecule has 6 heteroatoms. The van der Waals surface area contributed by atoms with E-state index in [9.17, 15) is 9.59 Å². The van der Waals surface area contributed by atoms with Gasteiger partial charge in [-0.25, -0.2) is 0 Å². The van der Waals surface area contributed by atoms with E-state index in [1.165, 1.54) is 11.8 Å². The summed E-state index contributed by atoms with van der Waals surface area (Å²) < 4.78 is 4.76. The lowest BCUT2D eigenvalue weighted by molar-refractivity contribution is -0.144. The molecule has 0 fully saturated rings. The number of ether oxygens (including phenoxy) is 1. The molecule has 0 aliphatic rings. The monoisotopic (exact) mass is 262 g/mol. The summed E-state index contributed by atoms with van der Waals surface area (Å²) in [5, 5.41) is 2.79. The highest BCUT2D eigenvalue weighted by Gasteiger charge is 2.14.